The average Bonchev–Trinajstić information content (AvgIpc) is 2.49. The number of hydrogen-bond donors (Lipinski definition) is 1. The third kappa shape index (κ3) is 6.87. The first-order valence-corrected chi connectivity index (χ1v) is 8.69. The molecule has 0 radical (unpaired) electrons. The summed E-state index contributed by atoms with van der Waals surface area (Å²) >= 11 is 0. The minimum atomic E-state index is -3.59. The van der Waals surface area contributed by atoms with Gasteiger partial charge in [0.05, 0.1) is 13.0 Å². The van der Waals surface area contributed by atoms with E-state index in [-0.39, 0.29) is 12.5 Å². The zero-order valence-corrected chi connectivity index (χ0v) is 14.0. The Hall–Kier alpha value is -1.66. The van der Waals surface area contributed by atoms with Crippen LogP contribution in [-0.2, 0) is 19.6 Å². The summed E-state index contributed by atoms with van der Waals surface area (Å²) in [5.74, 6) is -0.609. The molecule has 0 saturated carbocycles. The molecule has 0 aliphatic carbocycles. The van der Waals surface area contributed by atoms with Crippen LogP contribution in [0.2, 0.25) is 0 Å². The molecule has 0 bridgehead atoms. The van der Waals surface area contributed by atoms with Gasteiger partial charge in [0, 0.05) is 12.0 Å². The Balaban J connectivity index is 2.66. The Morgan fingerprint density at radius 2 is 1.91 bits per heavy atom. The number of sulfonamides is 1. The summed E-state index contributed by atoms with van der Waals surface area (Å²) in [5.41, 5.74) is 0.791. The molecular formula is C16H23NO4S. The number of rotatable bonds is 8. The Kier molecular flexibility index (Phi) is 7.27. The monoisotopic (exact) mass is 325 g/mol. The summed E-state index contributed by atoms with van der Waals surface area (Å²) < 4.78 is 31.1. The maximum Gasteiger partial charge on any atom is 0.309 e. The quantitative estimate of drug-likeness (QED) is 0.745. The first kappa shape index (κ1) is 18.4. The van der Waals surface area contributed by atoms with Gasteiger partial charge >= 0.3 is 5.97 Å². The molecular weight excluding hydrogens is 302 g/mol. The van der Waals surface area contributed by atoms with E-state index >= 15 is 0 Å². The number of ether oxygens (including phenoxy) is 1. The van der Waals surface area contributed by atoms with E-state index in [0.717, 1.165) is 11.0 Å². The molecule has 1 N–H and O–H groups in total. The van der Waals surface area contributed by atoms with Crippen LogP contribution in [0, 0.1) is 11.8 Å². The number of carbonyl (C=O) groups is 1. The van der Waals surface area contributed by atoms with Crippen LogP contribution in [0.1, 0.15) is 25.8 Å². The summed E-state index contributed by atoms with van der Waals surface area (Å²) in [6.07, 6.45) is 2.08. The van der Waals surface area contributed by atoms with E-state index < -0.39 is 21.9 Å². The summed E-state index contributed by atoms with van der Waals surface area (Å²) in [6, 6.07) is 9.13. The first-order valence-electron chi connectivity index (χ1n) is 7.14. The van der Waals surface area contributed by atoms with Crippen LogP contribution in [0.5, 0.6) is 0 Å². The Morgan fingerprint density at radius 1 is 1.27 bits per heavy atom. The summed E-state index contributed by atoms with van der Waals surface area (Å²) in [7, 11) is -2.29. The average molecular weight is 325 g/mol. The second-order valence-electron chi connectivity index (χ2n) is 5.46. The van der Waals surface area contributed by atoms with Gasteiger partial charge in [0.15, 0.2) is 0 Å². The van der Waals surface area contributed by atoms with Crippen molar-refractivity contribution in [3.8, 4) is 0 Å². The van der Waals surface area contributed by atoms with Crippen molar-refractivity contribution in [2.75, 3.05) is 13.7 Å². The Labute approximate surface area is 132 Å². The number of benzene rings is 1. The molecule has 0 amide bonds. The Morgan fingerprint density at radius 3 is 2.45 bits per heavy atom. The maximum atomic E-state index is 12.0. The largest absolute Gasteiger partial charge is 0.469 e. The second kappa shape index (κ2) is 8.70. The summed E-state index contributed by atoms with van der Waals surface area (Å²) in [4.78, 5) is 11.7. The van der Waals surface area contributed by atoms with Crippen molar-refractivity contribution in [3.63, 3.8) is 0 Å². The predicted octanol–water partition coefficient (Wildman–Crippen LogP) is 2.41. The minimum absolute atomic E-state index is 0.0340. The molecule has 0 spiro atoms. The molecule has 1 unspecified atom stereocenters. The van der Waals surface area contributed by atoms with Gasteiger partial charge in [-0.1, -0.05) is 44.2 Å². The fraction of sp³-hybridized carbons (Fsp3) is 0.438. The fourth-order valence-electron chi connectivity index (χ4n) is 2.00. The number of carbonyl (C=O) groups excluding carboxylic acids is 1. The topological polar surface area (TPSA) is 72.5 Å². The molecule has 5 nitrogen and oxygen atoms in total. The molecule has 1 aromatic carbocycles. The summed E-state index contributed by atoms with van der Waals surface area (Å²) in [5, 5.41) is 1.10. The molecule has 0 aliphatic heterocycles. The SMILES string of the molecule is COC(=O)C(CNS(=O)(=O)C=Cc1ccccc1)CC(C)C. The van der Waals surface area contributed by atoms with Crippen LogP contribution in [0.4, 0.5) is 0 Å². The van der Waals surface area contributed by atoms with Gasteiger partial charge in [-0.3, -0.25) is 4.79 Å². The van der Waals surface area contributed by atoms with Crippen LogP contribution in [0.25, 0.3) is 6.08 Å². The van der Waals surface area contributed by atoms with Crippen LogP contribution < -0.4 is 4.72 Å². The lowest BCUT2D eigenvalue weighted by Gasteiger charge is -2.16. The van der Waals surface area contributed by atoms with Gasteiger partial charge in [0.1, 0.15) is 0 Å². The van der Waals surface area contributed by atoms with Crippen molar-refractivity contribution in [2.24, 2.45) is 11.8 Å². The van der Waals surface area contributed by atoms with E-state index in [1.165, 1.54) is 13.2 Å². The lowest BCUT2D eigenvalue weighted by Crippen LogP contribution is -2.33. The van der Waals surface area contributed by atoms with Gasteiger partial charge in [0.2, 0.25) is 10.0 Å². The van der Waals surface area contributed by atoms with Gasteiger partial charge < -0.3 is 4.74 Å². The molecule has 0 saturated heterocycles. The van der Waals surface area contributed by atoms with Crippen LogP contribution in [0.3, 0.4) is 0 Å². The lowest BCUT2D eigenvalue weighted by atomic mass is 9.97. The fourth-order valence-corrected chi connectivity index (χ4v) is 2.86. The highest BCUT2D eigenvalue weighted by Gasteiger charge is 2.22. The first-order chi connectivity index (χ1) is 10.3. The van der Waals surface area contributed by atoms with Gasteiger partial charge in [-0.25, -0.2) is 13.1 Å². The molecule has 6 heteroatoms. The number of nitrogens with one attached hydrogen (secondary N) is 1. The van der Waals surface area contributed by atoms with E-state index in [1.54, 1.807) is 0 Å². The zero-order valence-electron chi connectivity index (χ0n) is 13.2. The second-order valence-corrected chi connectivity index (χ2v) is 7.11. The molecule has 1 rings (SSSR count). The van der Waals surface area contributed by atoms with Crippen molar-refractivity contribution in [3.05, 3.63) is 41.3 Å². The summed E-state index contributed by atoms with van der Waals surface area (Å²) in [6.45, 7) is 3.98. The van der Waals surface area contributed by atoms with Crippen LogP contribution in [0.15, 0.2) is 35.7 Å². The van der Waals surface area contributed by atoms with Crippen molar-refractivity contribution in [2.45, 2.75) is 20.3 Å². The standard InChI is InChI=1S/C16H23NO4S/c1-13(2)11-15(16(18)21-3)12-17-22(19,20)10-9-14-7-5-4-6-8-14/h4-10,13,15,17H,11-12H2,1-3H3. The molecule has 22 heavy (non-hydrogen) atoms. The maximum absolute atomic E-state index is 12.0. The van der Waals surface area contributed by atoms with E-state index in [2.05, 4.69) is 4.72 Å². The van der Waals surface area contributed by atoms with Crippen molar-refractivity contribution in [1.82, 2.24) is 4.72 Å². The van der Waals surface area contributed by atoms with E-state index in [4.69, 9.17) is 4.74 Å². The highest BCUT2D eigenvalue weighted by molar-refractivity contribution is 7.92. The number of esters is 1. The van der Waals surface area contributed by atoms with Gasteiger partial charge in [-0.2, -0.15) is 0 Å². The van der Waals surface area contributed by atoms with Gasteiger partial charge in [-0.15, -0.1) is 0 Å². The lowest BCUT2D eigenvalue weighted by molar-refractivity contribution is -0.145. The predicted molar refractivity (Wildman–Crippen MR) is 87.4 cm³/mol. The Bertz CT molecular complexity index is 594. The number of hydrogen-bond acceptors (Lipinski definition) is 4. The molecule has 1 aromatic rings. The van der Waals surface area contributed by atoms with E-state index in [0.29, 0.717) is 6.42 Å². The van der Waals surface area contributed by atoms with Gasteiger partial charge in [-0.05, 0) is 24.0 Å². The molecule has 122 valence electrons. The normalized spacial score (nSPS) is 13.5. The highest BCUT2D eigenvalue weighted by atomic mass is 32.2. The third-order valence-electron chi connectivity index (χ3n) is 3.06. The third-order valence-corrected chi connectivity index (χ3v) is 4.12. The molecule has 0 aliphatic rings. The van der Waals surface area contributed by atoms with Crippen molar-refractivity contribution in [1.29, 1.82) is 0 Å². The molecule has 0 heterocycles. The molecule has 0 aromatic heterocycles. The molecule has 1 atom stereocenters. The zero-order chi connectivity index (χ0) is 16.6. The smallest absolute Gasteiger partial charge is 0.309 e. The van der Waals surface area contributed by atoms with E-state index in [9.17, 15) is 13.2 Å². The minimum Gasteiger partial charge on any atom is -0.469 e. The van der Waals surface area contributed by atoms with Gasteiger partial charge in [0.25, 0.3) is 0 Å². The number of methoxy groups -OCH3 is 1. The van der Waals surface area contributed by atoms with Crippen molar-refractivity contribution < 1.29 is 17.9 Å². The van der Waals surface area contributed by atoms with Crippen molar-refractivity contribution >= 4 is 22.1 Å². The highest BCUT2D eigenvalue weighted by Crippen LogP contribution is 2.13. The molecule has 0 fully saturated rings. The van der Waals surface area contributed by atoms with Crippen LogP contribution in [-0.4, -0.2) is 28.0 Å². The van der Waals surface area contributed by atoms with Crippen LogP contribution >= 0.6 is 0 Å². The van der Waals surface area contributed by atoms with E-state index in [1.807, 2.05) is 44.2 Å².